The summed E-state index contributed by atoms with van der Waals surface area (Å²) in [4.78, 5) is 17.5. The lowest BCUT2D eigenvalue weighted by Crippen LogP contribution is -2.47. The summed E-state index contributed by atoms with van der Waals surface area (Å²) in [6.45, 7) is 10.4. The van der Waals surface area contributed by atoms with Gasteiger partial charge in [-0.15, -0.1) is 0 Å². The fourth-order valence-corrected chi connectivity index (χ4v) is 4.89. The number of hydrogen-bond donors (Lipinski definition) is 0. The van der Waals surface area contributed by atoms with Crippen molar-refractivity contribution in [3.05, 3.63) is 29.8 Å². The number of ether oxygens (including phenoxy) is 2. The van der Waals surface area contributed by atoms with Gasteiger partial charge in [0, 0.05) is 51.3 Å². The van der Waals surface area contributed by atoms with E-state index >= 15 is 0 Å². The van der Waals surface area contributed by atoms with Crippen molar-refractivity contribution in [2.75, 3.05) is 53.6 Å². The summed E-state index contributed by atoms with van der Waals surface area (Å²) in [5, 5.41) is 0. The van der Waals surface area contributed by atoms with Gasteiger partial charge in [0.2, 0.25) is 0 Å². The lowest BCUT2D eigenvalue weighted by atomic mass is 9.71. The summed E-state index contributed by atoms with van der Waals surface area (Å²) in [5.74, 6) is 2.09. The first kappa shape index (κ1) is 20.2. The topological polar surface area (TPSA) is 42.0 Å². The highest BCUT2D eigenvalue weighted by Gasteiger charge is 2.48. The van der Waals surface area contributed by atoms with Crippen LogP contribution in [0.15, 0.2) is 24.3 Å². The van der Waals surface area contributed by atoms with Crippen LogP contribution >= 0.6 is 0 Å². The molecule has 1 atom stereocenters. The Hall–Kier alpha value is -1.59. The van der Waals surface area contributed by atoms with Crippen molar-refractivity contribution in [1.82, 2.24) is 9.80 Å². The van der Waals surface area contributed by atoms with E-state index in [1.54, 1.807) is 14.2 Å². The van der Waals surface area contributed by atoms with E-state index in [0.717, 1.165) is 57.9 Å². The van der Waals surface area contributed by atoms with Crippen molar-refractivity contribution >= 4 is 5.91 Å². The van der Waals surface area contributed by atoms with Gasteiger partial charge < -0.3 is 19.3 Å². The summed E-state index contributed by atoms with van der Waals surface area (Å²) < 4.78 is 10.8. The smallest absolute Gasteiger partial charge is 0.253 e. The van der Waals surface area contributed by atoms with Crippen molar-refractivity contribution in [3.8, 4) is 5.75 Å². The lowest BCUT2D eigenvalue weighted by Gasteiger charge is -2.42. The van der Waals surface area contributed by atoms with E-state index in [2.05, 4.69) is 18.7 Å². The van der Waals surface area contributed by atoms with E-state index < -0.39 is 0 Å². The van der Waals surface area contributed by atoms with Gasteiger partial charge in [-0.1, -0.05) is 19.9 Å². The molecule has 0 N–H and O–H groups in total. The SMILES string of the molecule is COC[C@H]1CN(CC(C)C)CC12CCN(C(=O)c1cccc(OC)c1)CC2. The number of rotatable bonds is 6. The molecular weight excluding hydrogens is 340 g/mol. The zero-order valence-electron chi connectivity index (χ0n) is 17.2. The third kappa shape index (κ3) is 4.46. The number of carbonyl (C=O) groups excluding carboxylic acids is 1. The third-order valence-electron chi connectivity index (χ3n) is 6.24. The van der Waals surface area contributed by atoms with E-state index in [9.17, 15) is 4.79 Å². The average molecular weight is 375 g/mol. The number of nitrogens with zero attached hydrogens (tertiary/aromatic N) is 2. The number of likely N-dealkylation sites (tertiary alicyclic amines) is 2. The molecule has 2 fully saturated rings. The molecule has 1 spiro atoms. The summed E-state index contributed by atoms with van der Waals surface area (Å²) in [5.41, 5.74) is 1.00. The molecule has 2 aliphatic rings. The minimum absolute atomic E-state index is 0.115. The maximum atomic E-state index is 12.9. The van der Waals surface area contributed by atoms with Crippen LogP contribution in [0.4, 0.5) is 0 Å². The Morgan fingerprint density at radius 3 is 2.63 bits per heavy atom. The molecule has 1 aromatic carbocycles. The van der Waals surface area contributed by atoms with Crippen LogP contribution < -0.4 is 4.74 Å². The minimum atomic E-state index is 0.115. The predicted molar refractivity (Wildman–Crippen MR) is 107 cm³/mol. The van der Waals surface area contributed by atoms with Gasteiger partial charge in [0.25, 0.3) is 5.91 Å². The van der Waals surface area contributed by atoms with Crippen molar-refractivity contribution in [1.29, 1.82) is 0 Å². The van der Waals surface area contributed by atoms with Crippen LogP contribution in [-0.4, -0.2) is 69.3 Å². The molecule has 3 rings (SSSR count). The maximum absolute atomic E-state index is 12.9. The zero-order valence-corrected chi connectivity index (χ0v) is 17.2. The number of methoxy groups -OCH3 is 2. The molecule has 0 bridgehead atoms. The third-order valence-corrected chi connectivity index (χ3v) is 6.24. The number of hydrogen-bond acceptors (Lipinski definition) is 4. The molecular formula is C22H34N2O3. The highest BCUT2D eigenvalue weighted by Crippen LogP contribution is 2.45. The minimum Gasteiger partial charge on any atom is -0.497 e. The van der Waals surface area contributed by atoms with Crippen molar-refractivity contribution < 1.29 is 14.3 Å². The molecule has 2 heterocycles. The Balaban J connectivity index is 1.66. The molecule has 1 aromatic rings. The van der Waals surface area contributed by atoms with Gasteiger partial charge in [-0.2, -0.15) is 0 Å². The monoisotopic (exact) mass is 374 g/mol. The second-order valence-corrected chi connectivity index (χ2v) is 8.63. The molecule has 1 amide bonds. The Morgan fingerprint density at radius 1 is 1.26 bits per heavy atom. The van der Waals surface area contributed by atoms with Crippen molar-refractivity contribution in [3.63, 3.8) is 0 Å². The normalized spacial score (nSPS) is 22.6. The van der Waals surface area contributed by atoms with Gasteiger partial charge in [0.1, 0.15) is 5.75 Å². The number of piperidine rings is 1. The highest BCUT2D eigenvalue weighted by molar-refractivity contribution is 5.94. The van der Waals surface area contributed by atoms with E-state index in [1.807, 2.05) is 29.2 Å². The summed E-state index contributed by atoms with van der Waals surface area (Å²) in [6.07, 6.45) is 2.12. The largest absolute Gasteiger partial charge is 0.497 e. The standard InChI is InChI=1S/C22H34N2O3/c1-17(2)13-23-14-19(15-26-3)22(16-23)8-10-24(11-9-22)21(25)18-6-5-7-20(12-18)27-4/h5-7,12,17,19H,8-11,13-16H2,1-4H3/t19-/m1/s1. The molecule has 27 heavy (non-hydrogen) atoms. The first-order valence-corrected chi connectivity index (χ1v) is 10.1. The molecule has 0 aliphatic carbocycles. The number of benzene rings is 1. The zero-order chi connectivity index (χ0) is 19.4. The fraction of sp³-hybridized carbons (Fsp3) is 0.682. The molecule has 0 unspecified atom stereocenters. The first-order chi connectivity index (χ1) is 13.0. The quantitative estimate of drug-likeness (QED) is 0.767. The summed E-state index contributed by atoms with van der Waals surface area (Å²) in [7, 11) is 3.44. The van der Waals surface area contributed by atoms with E-state index in [1.165, 1.54) is 0 Å². The Bertz CT molecular complexity index is 638. The summed E-state index contributed by atoms with van der Waals surface area (Å²) in [6, 6.07) is 7.47. The van der Waals surface area contributed by atoms with Crippen LogP contribution in [0.25, 0.3) is 0 Å². The molecule has 5 nitrogen and oxygen atoms in total. The van der Waals surface area contributed by atoms with Gasteiger partial charge in [-0.05, 0) is 42.4 Å². The molecule has 0 aromatic heterocycles. The van der Waals surface area contributed by atoms with Crippen LogP contribution in [0.3, 0.4) is 0 Å². The predicted octanol–water partition coefficient (Wildman–Crippen LogP) is 3.15. The summed E-state index contributed by atoms with van der Waals surface area (Å²) >= 11 is 0. The van der Waals surface area contributed by atoms with Crippen LogP contribution in [0.5, 0.6) is 5.75 Å². The van der Waals surface area contributed by atoms with Crippen molar-refractivity contribution in [2.24, 2.45) is 17.3 Å². The molecule has 0 radical (unpaired) electrons. The maximum Gasteiger partial charge on any atom is 0.253 e. The van der Waals surface area contributed by atoms with Gasteiger partial charge >= 0.3 is 0 Å². The molecule has 2 aliphatic heterocycles. The van der Waals surface area contributed by atoms with Crippen molar-refractivity contribution in [2.45, 2.75) is 26.7 Å². The van der Waals surface area contributed by atoms with Gasteiger partial charge in [0.15, 0.2) is 0 Å². The van der Waals surface area contributed by atoms with Gasteiger partial charge in [-0.25, -0.2) is 0 Å². The molecule has 2 saturated heterocycles. The Kier molecular flexibility index (Phi) is 6.43. The Morgan fingerprint density at radius 2 is 2.00 bits per heavy atom. The molecule has 5 heteroatoms. The highest BCUT2D eigenvalue weighted by atomic mass is 16.5. The van der Waals surface area contributed by atoms with Crippen LogP contribution in [0.1, 0.15) is 37.0 Å². The van der Waals surface area contributed by atoms with Gasteiger partial charge in [0.05, 0.1) is 13.7 Å². The van der Waals surface area contributed by atoms with E-state index in [4.69, 9.17) is 9.47 Å². The van der Waals surface area contributed by atoms with Gasteiger partial charge in [-0.3, -0.25) is 4.79 Å². The van der Waals surface area contributed by atoms with Crippen LogP contribution in [0, 0.1) is 17.3 Å². The average Bonchev–Trinajstić information content (AvgIpc) is 2.98. The molecule has 150 valence electrons. The first-order valence-electron chi connectivity index (χ1n) is 10.1. The number of carbonyl (C=O) groups is 1. The van der Waals surface area contributed by atoms with E-state index in [0.29, 0.717) is 17.4 Å². The van der Waals surface area contributed by atoms with Crippen LogP contribution in [0.2, 0.25) is 0 Å². The molecule has 0 saturated carbocycles. The fourth-order valence-electron chi connectivity index (χ4n) is 4.89. The Labute approximate surface area is 163 Å². The number of amides is 1. The lowest BCUT2D eigenvalue weighted by molar-refractivity contribution is 0.0322. The second-order valence-electron chi connectivity index (χ2n) is 8.63. The van der Waals surface area contributed by atoms with E-state index in [-0.39, 0.29) is 11.3 Å². The second kappa shape index (κ2) is 8.61. The van der Waals surface area contributed by atoms with Crippen LogP contribution in [-0.2, 0) is 4.74 Å².